The van der Waals surface area contributed by atoms with Gasteiger partial charge < -0.3 is 14.9 Å². The molecule has 1 aromatic rings. The van der Waals surface area contributed by atoms with E-state index in [1.165, 1.54) is 12.1 Å². The van der Waals surface area contributed by atoms with Gasteiger partial charge in [-0.25, -0.2) is 0 Å². The monoisotopic (exact) mass is 250 g/mol. The Labute approximate surface area is 106 Å². The summed E-state index contributed by atoms with van der Waals surface area (Å²) in [5.41, 5.74) is 0.883. The lowest BCUT2D eigenvalue weighted by Crippen LogP contribution is -2.28. The van der Waals surface area contributed by atoms with Gasteiger partial charge in [0.1, 0.15) is 6.10 Å². The van der Waals surface area contributed by atoms with Gasteiger partial charge in [0.25, 0.3) is 0 Å². The molecule has 1 aromatic carbocycles. The number of rotatable bonds is 4. The van der Waals surface area contributed by atoms with E-state index in [-0.39, 0.29) is 23.4 Å². The van der Waals surface area contributed by atoms with Crippen molar-refractivity contribution >= 4 is 5.78 Å². The first-order chi connectivity index (χ1) is 8.66. The Hall–Kier alpha value is -1.55. The van der Waals surface area contributed by atoms with E-state index in [0.717, 1.165) is 24.8 Å². The molecule has 0 heterocycles. The van der Waals surface area contributed by atoms with Crippen molar-refractivity contribution in [3.05, 3.63) is 23.8 Å². The van der Waals surface area contributed by atoms with Gasteiger partial charge in [-0.2, -0.15) is 0 Å². The molecular weight excluding hydrogens is 232 g/mol. The molecule has 1 aliphatic rings. The minimum Gasteiger partial charge on any atom is -0.504 e. The number of hydrogen-bond donors (Lipinski definition) is 2. The predicted molar refractivity (Wildman–Crippen MR) is 66.7 cm³/mol. The fourth-order valence-corrected chi connectivity index (χ4v) is 2.17. The molecule has 1 aliphatic carbocycles. The van der Waals surface area contributed by atoms with Crippen LogP contribution in [0.4, 0.5) is 0 Å². The van der Waals surface area contributed by atoms with Crippen molar-refractivity contribution in [1.82, 2.24) is 0 Å². The molecule has 0 amide bonds. The SMILES string of the molecule is O=C1CCCC[C@@H]1OCCc1ccc(O)c(O)c1. The largest absolute Gasteiger partial charge is 0.504 e. The van der Waals surface area contributed by atoms with Crippen LogP contribution in [-0.4, -0.2) is 28.7 Å². The maximum absolute atomic E-state index is 11.5. The number of aromatic hydroxyl groups is 2. The Bertz CT molecular complexity index is 428. The van der Waals surface area contributed by atoms with Crippen molar-refractivity contribution in [2.45, 2.75) is 38.2 Å². The summed E-state index contributed by atoms with van der Waals surface area (Å²) in [4.78, 5) is 11.5. The van der Waals surface area contributed by atoms with Gasteiger partial charge in [-0.05, 0) is 43.4 Å². The molecule has 1 saturated carbocycles. The van der Waals surface area contributed by atoms with E-state index in [1.54, 1.807) is 6.07 Å². The van der Waals surface area contributed by atoms with Crippen LogP contribution in [0.3, 0.4) is 0 Å². The van der Waals surface area contributed by atoms with Gasteiger partial charge in [0.15, 0.2) is 17.3 Å². The van der Waals surface area contributed by atoms with Gasteiger partial charge in [-0.15, -0.1) is 0 Å². The van der Waals surface area contributed by atoms with Crippen molar-refractivity contribution < 1.29 is 19.7 Å². The minimum atomic E-state index is -0.246. The highest BCUT2D eigenvalue weighted by atomic mass is 16.5. The van der Waals surface area contributed by atoms with E-state index in [0.29, 0.717) is 19.4 Å². The molecule has 98 valence electrons. The van der Waals surface area contributed by atoms with E-state index < -0.39 is 0 Å². The highest BCUT2D eigenvalue weighted by molar-refractivity contribution is 5.83. The standard InChI is InChI=1S/C14H18O4/c15-11-6-5-10(9-13(11)17)7-8-18-14-4-2-1-3-12(14)16/h5-6,9,14-15,17H,1-4,7-8H2/t14-/m0/s1. The molecule has 0 aliphatic heterocycles. The van der Waals surface area contributed by atoms with Gasteiger partial charge in [-0.1, -0.05) is 6.07 Å². The Morgan fingerprint density at radius 3 is 2.78 bits per heavy atom. The van der Waals surface area contributed by atoms with Crippen molar-refractivity contribution in [1.29, 1.82) is 0 Å². The van der Waals surface area contributed by atoms with Crippen LogP contribution in [-0.2, 0) is 16.0 Å². The Morgan fingerprint density at radius 1 is 1.22 bits per heavy atom. The number of Topliss-reactive ketones (excluding diaryl/α,β-unsaturated/α-hetero) is 1. The van der Waals surface area contributed by atoms with Gasteiger partial charge in [0.2, 0.25) is 0 Å². The second kappa shape index (κ2) is 5.87. The van der Waals surface area contributed by atoms with E-state index >= 15 is 0 Å². The molecule has 0 saturated heterocycles. The van der Waals surface area contributed by atoms with Crippen LogP contribution in [0, 0.1) is 0 Å². The zero-order valence-corrected chi connectivity index (χ0v) is 10.3. The molecule has 0 radical (unpaired) electrons. The summed E-state index contributed by atoms with van der Waals surface area (Å²) in [5, 5.41) is 18.5. The van der Waals surface area contributed by atoms with Crippen LogP contribution >= 0.6 is 0 Å². The second-order valence-corrected chi connectivity index (χ2v) is 4.64. The summed E-state index contributed by atoms with van der Waals surface area (Å²) in [5.74, 6) is -0.0434. The Kier molecular flexibility index (Phi) is 4.20. The Balaban J connectivity index is 1.80. The maximum Gasteiger partial charge on any atom is 0.161 e. The van der Waals surface area contributed by atoms with Crippen molar-refractivity contribution in [3.8, 4) is 11.5 Å². The first-order valence-electron chi connectivity index (χ1n) is 6.32. The molecule has 0 aromatic heterocycles. The fourth-order valence-electron chi connectivity index (χ4n) is 2.17. The summed E-state index contributed by atoms with van der Waals surface area (Å²) in [7, 11) is 0. The quantitative estimate of drug-likeness (QED) is 0.804. The van der Waals surface area contributed by atoms with Crippen LogP contribution in [0.5, 0.6) is 11.5 Å². The maximum atomic E-state index is 11.5. The van der Waals surface area contributed by atoms with E-state index in [4.69, 9.17) is 4.74 Å². The average molecular weight is 250 g/mol. The number of ketones is 1. The van der Waals surface area contributed by atoms with Crippen LogP contribution in [0.1, 0.15) is 31.2 Å². The third-order valence-corrected chi connectivity index (χ3v) is 3.25. The molecule has 0 bridgehead atoms. The van der Waals surface area contributed by atoms with Gasteiger partial charge in [-0.3, -0.25) is 4.79 Å². The van der Waals surface area contributed by atoms with Gasteiger partial charge >= 0.3 is 0 Å². The number of carbonyl (C=O) groups is 1. The number of hydrogen-bond acceptors (Lipinski definition) is 4. The van der Waals surface area contributed by atoms with Crippen molar-refractivity contribution in [3.63, 3.8) is 0 Å². The summed E-state index contributed by atoms with van der Waals surface area (Å²) in [6.45, 7) is 0.459. The summed E-state index contributed by atoms with van der Waals surface area (Å²) in [6.07, 6.45) is 3.85. The summed E-state index contributed by atoms with van der Waals surface area (Å²) in [6, 6.07) is 4.71. The molecule has 0 unspecified atom stereocenters. The molecule has 18 heavy (non-hydrogen) atoms. The van der Waals surface area contributed by atoms with Crippen molar-refractivity contribution in [2.24, 2.45) is 0 Å². The lowest BCUT2D eigenvalue weighted by Gasteiger charge is -2.20. The van der Waals surface area contributed by atoms with Gasteiger partial charge in [0.05, 0.1) is 6.61 Å². The molecule has 1 atom stereocenters. The summed E-state index contributed by atoms with van der Waals surface area (Å²) < 4.78 is 5.58. The van der Waals surface area contributed by atoms with Crippen LogP contribution < -0.4 is 0 Å². The topological polar surface area (TPSA) is 66.8 Å². The zero-order valence-electron chi connectivity index (χ0n) is 10.3. The summed E-state index contributed by atoms with van der Waals surface area (Å²) >= 11 is 0. The first kappa shape index (κ1) is 12.9. The number of phenols is 2. The molecule has 2 rings (SSSR count). The molecule has 2 N–H and O–H groups in total. The number of phenolic OH excluding ortho intramolecular Hbond substituents is 2. The molecule has 4 nitrogen and oxygen atoms in total. The smallest absolute Gasteiger partial charge is 0.161 e. The number of ether oxygens (including phenoxy) is 1. The lowest BCUT2D eigenvalue weighted by molar-refractivity contribution is -0.133. The normalized spacial score (nSPS) is 20.0. The lowest BCUT2D eigenvalue weighted by atomic mass is 9.96. The molecule has 1 fully saturated rings. The average Bonchev–Trinajstić information content (AvgIpc) is 2.36. The first-order valence-corrected chi connectivity index (χ1v) is 6.32. The Morgan fingerprint density at radius 2 is 2.06 bits per heavy atom. The van der Waals surface area contributed by atoms with Crippen LogP contribution in [0.25, 0.3) is 0 Å². The number of benzene rings is 1. The highest BCUT2D eigenvalue weighted by Crippen LogP contribution is 2.25. The predicted octanol–water partition coefficient (Wildman–Crippen LogP) is 2.17. The highest BCUT2D eigenvalue weighted by Gasteiger charge is 2.22. The van der Waals surface area contributed by atoms with E-state index in [2.05, 4.69) is 0 Å². The third-order valence-electron chi connectivity index (χ3n) is 3.25. The number of carbonyl (C=O) groups excluding carboxylic acids is 1. The minimum absolute atomic E-state index is 0.123. The zero-order chi connectivity index (χ0) is 13.0. The molecule has 4 heteroatoms. The second-order valence-electron chi connectivity index (χ2n) is 4.64. The van der Waals surface area contributed by atoms with E-state index in [1.807, 2.05) is 0 Å². The van der Waals surface area contributed by atoms with Crippen LogP contribution in [0.15, 0.2) is 18.2 Å². The van der Waals surface area contributed by atoms with Gasteiger partial charge in [0, 0.05) is 6.42 Å². The van der Waals surface area contributed by atoms with Crippen molar-refractivity contribution in [2.75, 3.05) is 6.61 Å². The fraction of sp³-hybridized carbons (Fsp3) is 0.500. The van der Waals surface area contributed by atoms with Crippen LogP contribution in [0.2, 0.25) is 0 Å². The molecular formula is C14H18O4. The third kappa shape index (κ3) is 3.23. The van der Waals surface area contributed by atoms with E-state index in [9.17, 15) is 15.0 Å². The molecule has 0 spiro atoms.